The van der Waals surface area contributed by atoms with Gasteiger partial charge in [-0.05, 0) is 37.6 Å². The number of hydrogen-bond donors (Lipinski definition) is 0. The van der Waals surface area contributed by atoms with Gasteiger partial charge in [0, 0.05) is 33.1 Å². The summed E-state index contributed by atoms with van der Waals surface area (Å²) in [5.74, 6) is 2.42. The summed E-state index contributed by atoms with van der Waals surface area (Å²) < 4.78 is 5.94. The van der Waals surface area contributed by atoms with Crippen molar-refractivity contribution in [1.82, 2.24) is 9.80 Å². The van der Waals surface area contributed by atoms with E-state index < -0.39 is 0 Å². The summed E-state index contributed by atoms with van der Waals surface area (Å²) in [4.78, 5) is 16.2. The number of nitrogens with zero attached hydrogens (tertiary/aromatic N) is 2. The molecule has 2 heterocycles. The Labute approximate surface area is 122 Å². The van der Waals surface area contributed by atoms with E-state index in [0.717, 1.165) is 12.5 Å². The average Bonchev–Trinajstić information content (AvgIpc) is 2.76. The second kappa shape index (κ2) is 6.02. The Hall–Kier alpha value is -0.610. The number of piperidine rings is 1. The number of fused-ring (bicyclic) bond motifs is 1. The maximum atomic E-state index is 11.9. The summed E-state index contributed by atoms with van der Waals surface area (Å²) in [5.41, 5.74) is 0. The number of hydrogen-bond acceptors (Lipinski definition) is 3. The molecule has 4 heteroatoms. The highest BCUT2D eigenvalue weighted by molar-refractivity contribution is 5.76. The van der Waals surface area contributed by atoms with E-state index >= 15 is 0 Å². The first-order chi connectivity index (χ1) is 9.63. The third kappa shape index (κ3) is 3.01. The van der Waals surface area contributed by atoms with Crippen LogP contribution >= 0.6 is 0 Å². The highest BCUT2D eigenvalue weighted by Gasteiger charge is 2.42. The fourth-order valence-electron chi connectivity index (χ4n) is 3.93. The topological polar surface area (TPSA) is 32.8 Å². The molecular weight excluding hydrogens is 252 g/mol. The maximum Gasteiger partial charge on any atom is 0.224 e. The van der Waals surface area contributed by atoms with Gasteiger partial charge in [0.05, 0.1) is 19.1 Å². The molecule has 4 nitrogen and oxygen atoms in total. The van der Waals surface area contributed by atoms with Gasteiger partial charge in [0.25, 0.3) is 0 Å². The zero-order valence-electron chi connectivity index (χ0n) is 12.9. The van der Waals surface area contributed by atoms with Crippen LogP contribution in [-0.4, -0.2) is 62.1 Å². The molecule has 3 atom stereocenters. The summed E-state index contributed by atoms with van der Waals surface area (Å²) in [6, 6.07) is 0. The van der Waals surface area contributed by atoms with Crippen LogP contribution in [0.1, 0.15) is 32.1 Å². The van der Waals surface area contributed by atoms with Crippen LogP contribution in [0.5, 0.6) is 0 Å². The van der Waals surface area contributed by atoms with Crippen molar-refractivity contribution in [1.29, 1.82) is 0 Å². The monoisotopic (exact) mass is 280 g/mol. The molecular formula is C16H28N2O2. The van der Waals surface area contributed by atoms with Crippen molar-refractivity contribution < 1.29 is 9.53 Å². The van der Waals surface area contributed by atoms with Gasteiger partial charge in [-0.2, -0.15) is 0 Å². The van der Waals surface area contributed by atoms with Crippen molar-refractivity contribution in [2.45, 2.75) is 38.2 Å². The first-order valence-electron chi connectivity index (χ1n) is 8.17. The Bertz CT molecular complexity index is 354. The van der Waals surface area contributed by atoms with Crippen LogP contribution in [0.4, 0.5) is 0 Å². The molecule has 3 rings (SSSR count). The molecule has 3 aliphatic rings. The minimum atomic E-state index is 0.167. The summed E-state index contributed by atoms with van der Waals surface area (Å²) >= 11 is 0. The Morgan fingerprint density at radius 1 is 1.30 bits per heavy atom. The van der Waals surface area contributed by atoms with Crippen LogP contribution in [0.25, 0.3) is 0 Å². The van der Waals surface area contributed by atoms with Gasteiger partial charge in [-0.3, -0.25) is 4.79 Å². The van der Waals surface area contributed by atoms with Crippen LogP contribution in [0.2, 0.25) is 0 Å². The maximum absolute atomic E-state index is 11.9. The van der Waals surface area contributed by atoms with Crippen molar-refractivity contribution in [3.63, 3.8) is 0 Å². The van der Waals surface area contributed by atoms with E-state index in [1.54, 1.807) is 4.90 Å². The molecule has 0 N–H and O–H groups in total. The molecule has 0 aromatic heterocycles. The number of rotatable bonds is 4. The number of ether oxygens (including phenoxy) is 1. The first-order valence-corrected chi connectivity index (χ1v) is 8.17. The Balaban J connectivity index is 1.49. The summed E-state index contributed by atoms with van der Waals surface area (Å²) in [6.07, 6.45) is 6.24. The molecule has 2 aliphatic heterocycles. The summed E-state index contributed by atoms with van der Waals surface area (Å²) in [5, 5.41) is 0. The number of amides is 1. The van der Waals surface area contributed by atoms with E-state index in [-0.39, 0.29) is 12.0 Å². The van der Waals surface area contributed by atoms with E-state index in [2.05, 4.69) is 4.90 Å². The van der Waals surface area contributed by atoms with Gasteiger partial charge in [-0.25, -0.2) is 0 Å². The minimum absolute atomic E-state index is 0.167. The van der Waals surface area contributed by atoms with E-state index in [1.165, 1.54) is 45.3 Å². The second-order valence-electron chi connectivity index (χ2n) is 7.13. The fraction of sp³-hybridized carbons (Fsp3) is 0.938. The molecule has 1 amide bonds. The number of likely N-dealkylation sites (tertiary alicyclic amines) is 1. The lowest BCUT2D eigenvalue weighted by atomic mass is 9.81. The third-order valence-corrected chi connectivity index (χ3v) is 5.49. The van der Waals surface area contributed by atoms with Crippen molar-refractivity contribution in [3.8, 4) is 0 Å². The third-order valence-electron chi connectivity index (χ3n) is 5.49. The number of carbonyl (C=O) groups is 1. The van der Waals surface area contributed by atoms with Crippen molar-refractivity contribution in [3.05, 3.63) is 0 Å². The SMILES string of the molecule is CN(C)C(=O)C[C@@H]1OC[C@@H]2CN(CC3CCC3)CC[C@@H]21. The highest BCUT2D eigenvalue weighted by Crippen LogP contribution is 2.37. The summed E-state index contributed by atoms with van der Waals surface area (Å²) in [7, 11) is 3.66. The Kier molecular flexibility index (Phi) is 4.32. The van der Waals surface area contributed by atoms with E-state index in [0.29, 0.717) is 18.3 Å². The van der Waals surface area contributed by atoms with Gasteiger partial charge in [-0.1, -0.05) is 6.42 Å². The molecule has 0 aromatic rings. The first kappa shape index (κ1) is 14.3. The molecule has 0 aromatic carbocycles. The largest absolute Gasteiger partial charge is 0.377 e. The van der Waals surface area contributed by atoms with Crippen LogP contribution in [-0.2, 0) is 9.53 Å². The lowest BCUT2D eigenvalue weighted by molar-refractivity contribution is -0.131. The minimum Gasteiger partial charge on any atom is -0.377 e. The second-order valence-corrected chi connectivity index (χ2v) is 7.13. The normalized spacial score (nSPS) is 34.6. The van der Waals surface area contributed by atoms with Gasteiger partial charge in [-0.15, -0.1) is 0 Å². The van der Waals surface area contributed by atoms with Gasteiger partial charge in [0.2, 0.25) is 5.91 Å². The van der Waals surface area contributed by atoms with Gasteiger partial charge < -0.3 is 14.5 Å². The average molecular weight is 280 g/mol. The number of carbonyl (C=O) groups excluding carboxylic acids is 1. The van der Waals surface area contributed by atoms with Gasteiger partial charge >= 0.3 is 0 Å². The van der Waals surface area contributed by atoms with Crippen LogP contribution < -0.4 is 0 Å². The lowest BCUT2D eigenvalue weighted by Gasteiger charge is -2.39. The Morgan fingerprint density at radius 2 is 2.10 bits per heavy atom. The molecule has 0 unspecified atom stereocenters. The van der Waals surface area contributed by atoms with Gasteiger partial charge in [0.1, 0.15) is 0 Å². The fourth-order valence-corrected chi connectivity index (χ4v) is 3.93. The molecule has 0 spiro atoms. The van der Waals surface area contributed by atoms with Gasteiger partial charge in [0.15, 0.2) is 0 Å². The van der Waals surface area contributed by atoms with Crippen molar-refractivity contribution in [2.24, 2.45) is 17.8 Å². The predicted molar refractivity (Wildman–Crippen MR) is 78.4 cm³/mol. The van der Waals surface area contributed by atoms with E-state index in [4.69, 9.17) is 4.74 Å². The van der Waals surface area contributed by atoms with Crippen molar-refractivity contribution >= 4 is 5.91 Å². The summed E-state index contributed by atoms with van der Waals surface area (Å²) in [6.45, 7) is 4.54. The molecule has 114 valence electrons. The molecule has 3 fully saturated rings. The molecule has 1 aliphatic carbocycles. The smallest absolute Gasteiger partial charge is 0.224 e. The van der Waals surface area contributed by atoms with Crippen LogP contribution in [0.15, 0.2) is 0 Å². The molecule has 20 heavy (non-hydrogen) atoms. The van der Waals surface area contributed by atoms with Crippen LogP contribution in [0, 0.1) is 17.8 Å². The quantitative estimate of drug-likeness (QED) is 0.784. The lowest BCUT2D eigenvalue weighted by Crippen LogP contribution is -2.44. The molecule has 0 radical (unpaired) electrons. The predicted octanol–water partition coefficient (Wildman–Crippen LogP) is 1.60. The zero-order chi connectivity index (χ0) is 14.1. The highest BCUT2D eigenvalue weighted by atomic mass is 16.5. The standard InChI is InChI=1S/C16H28N2O2/c1-17(2)16(19)8-15-14-6-7-18(9-12-4-3-5-12)10-13(14)11-20-15/h12-15H,3-11H2,1-2H3/t13-,14-,15-/m0/s1. The van der Waals surface area contributed by atoms with E-state index in [1.807, 2.05) is 14.1 Å². The molecule has 1 saturated carbocycles. The van der Waals surface area contributed by atoms with Crippen LogP contribution in [0.3, 0.4) is 0 Å². The Morgan fingerprint density at radius 3 is 2.75 bits per heavy atom. The molecule has 2 saturated heterocycles. The van der Waals surface area contributed by atoms with E-state index in [9.17, 15) is 4.79 Å². The van der Waals surface area contributed by atoms with Crippen molar-refractivity contribution in [2.75, 3.05) is 40.3 Å². The molecule has 0 bridgehead atoms. The zero-order valence-corrected chi connectivity index (χ0v) is 12.9.